The molecule has 0 saturated heterocycles. The number of hydrogen-bond acceptors (Lipinski definition) is 4. The van der Waals surface area contributed by atoms with Gasteiger partial charge in [-0.25, -0.2) is 4.98 Å². The highest BCUT2D eigenvalue weighted by atomic mass is 16.5. The summed E-state index contributed by atoms with van der Waals surface area (Å²) in [6, 6.07) is 15.6. The van der Waals surface area contributed by atoms with Gasteiger partial charge in [0.15, 0.2) is 11.5 Å². The van der Waals surface area contributed by atoms with Gasteiger partial charge in [-0.3, -0.25) is 0 Å². The molecule has 1 heterocycles. The molecule has 0 fully saturated rings. The Morgan fingerprint density at radius 3 is 2.35 bits per heavy atom. The summed E-state index contributed by atoms with van der Waals surface area (Å²) in [6.07, 6.45) is 0.796. The van der Waals surface area contributed by atoms with Crippen LogP contribution in [0.25, 0.3) is 11.0 Å². The van der Waals surface area contributed by atoms with Gasteiger partial charge < -0.3 is 19.1 Å². The first-order valence-electron chi connectivity index (χ1n) is 9.03. The third-order valence-electron chi connectivity index (χ3n) is 4.13. The van der Waals surface area contributed by atoms with Crippen LogP contribution in [0.3, 0.4) is 0 Å². The highest BCUT2D eigenvalue weighted by Crippen LogP contribution is 2.27. The van der Waals surface area contributed by atoms with Gasteiger partial charge in [0.05, 0.1) is 24.2 Å². The van der Waals surface area contributed by atoms with Crippen LogP contribution in [-0.4, -0.2) is 27.9 Å². The molecule has 1 N–H and O–H groups in total. The molecule has 1 aromatic heterocycles. The molecule has 0 amide bonds. The second kappa shape index (κ2) is 7.79. The van der Waals surface area contributed by atoms with Crippen LogP contribution in [-0.2, 0) is 12.1 Å². The first-order valence-corrected chi connectivity index (χ1v) is 9.03. The van der Waals surface area contributed by atoms with E-state index in [1.807, 2.05) is 55.5 Å². The normalized spacial score (nSPS) is 11.7. The number of para-hydroxylation sites is 4. The Balaban J connectivity index is 1.71. The Kier molecular flexibility index (Phi) is 5.47. The molecule has 0 unspecified atom stereocenters. The van der Waals surface area contributed by atoms with Crippen LogP contribution < -0.4 is 9.47 Å². The fourth-order valence-electron chi connectivity index (χ4n) is 3.02. The summed E-state index contributed by atoms with van der Waals surface area (Å²) in [5, 5.41) is 10.5. The van der Waals surface area contributed by atoms with Gasteiger partial charge in [0.25, 0.3) is 0 Å². The van der Waals surface area contributed by atoms with E-state index in [9.17, 15) is 5.11 Å². The number of aliphatic hydroxyl groups is 1. The Hall–Kier alpha value is -2.53. The van der Waals surface area contributed by atoms with Crippen molar-refractivity contribution in [2.24, 2.45) is 0 Å². The second-order valence-electron chi connectivity index (χ2n) is 6.72. The summed E-state index contributed by atoms with van der Waals surface area (Å²) in [7, 11) is 0. The zero-order valence-electron chi connectivity index (χ0n) is 15.6. The highest BCUT2D eigenvalue weighted by molar-refractivity contribution is 5.76. The van der Waals surface area contributed by atoms with Crippen molar-refractivity contribution in [2.45, 2.75) is 39.3 Å². The largest absolute Gasteiger partial charge is 0.490 e. The van der Waals surface area contributed by atoms with E-state index in [2.05, 4.69) is 9.55 Å². The number of imidazole rings is 1. The Morgan fingerprint density at radius 1 is 1.00 bits per heavy atom. The molecule has 0 radical (unpaired) electrons. The van der Waals surface area contributed by atoms with E-state index in [4.69, 9.17) is 9.47 Å². The minimum absolute atomic E-state index is 0.557. The maximum atomic E-state index is 10.5. The van der Waals surface area contributed by atoms with Crippen LogP contribution in [0.15, 0.2) is 48.5 Å². The van der Waals surface area contributed by atoms with E-state index < -0.39 is 5.60 Å². The van der Waals surface area contributed by atoms with Gasteiger partial charge >= 0.3 is 0 Å². The second-order valence-corrected chi connectivity index (χ2v) is 6.72. The molecule has 0 atom stereocenters. The summed E-state index contributed by atoms with van der Waals surface area (Å²) in [6.45, 7) is 7.37. The molecule has 0 spiro atoms. The molecule has 0 aliphatic heterocycles. The molecule has 0 aliphatic rings. The maximum Gasteiger partial charge on any atom is 0.161 e. The fraction of sp³-hybridized carbons (Fsp3) is 0.381. The van der Waals surface area contributed by atoms with Gasteiger partial charge in [-0.15, -0.1) is 0 Å². The lowest BCUT2D eigenvalue weighted by atomic mass is 10.1. The van der Waals surface area contributed by atoms with E-state index in [0.29, 0.717) is 19.0 Å². The molecule has 5 heteroatoms. The Labute approximate surface area is 154 Å². The number of aryl methyl sites for hydroxylation is 1. The average molecular weight is 354 g/mol. The number of benzene rings is 2. The summed E-state index contributed by atoms with van der Waals surface area (Å²) in [5.41, 5.74) is 0.924. The minimum Gasteiger partial charge on any atom is -0.490 e. The number of rotatable bonds is 8. The van der Waals surface area contributed by atoms with Crippen molar-refractivity contribution < 1.29 is 14.6 Å². The van der Waals surface area contributed by atoms with Gasteiger partial charge in [-0.1, -0.05) is 24.3 Å². The quantitative estimate of drug-likeness (QED) is 0.618. The molecular weight excluding hydrogens is 328 g/mol. The van der Waals surface area contributed by atoms with Gasteiger partial charge in [0.2, 0.25) is 0 Å². The molecular formula is C21H26N2O3. The smallest absolute Gasteiger partial charge is 0.161 e. The number of aromatic nitrogens is 2. The molecule has 0 aliphatic carbocycles. The molecule has 3 rings (SSSR count). The SMILES string of the molecule is CCOc1ccccc1OCCCn1c(C(C)(C)O)nc2ccccc21. The maximum absolute atomic E-state index is 10.5. The average Bonchev–Trinajstić information content (AvgIpc) is 2.99. The highest BCUT2D eigenvalue weighted by Gasteiger charge is 2.24. The number of ether oxygens (including phenoxy) is 2. The Bertz CT molecular complexity index is 865. The molecule has 0 saturated carbocycles. The molecule has 138 valence electrons. The van der Waals surface area contributed by atoms with Crippen LogP contribution in [0.2, 0.25) is 0 Å². The van der Waals surface area contributed by atoms with Crippen molar-refractivity contribution in [3.63, 3.8) is 0 Å². The number of nitrogens with zero attached hydrogens (tertiary/aromatic N) is 2. The molecule has 26 heavy (non-hydrogen) atoms. The third kappa shape index (κ3) is 3.99. The topological polar surface area (TPSA) is 56.5 Å². The van der Waals surface area contributed by atoms with E-state index >= 15 is 0 Å². The predicted octanol–water partition coefficient (Wildman–Crippen LogP) is 4.13. The molecule has 5 nitrogen and oxygen atoms in total. The standard InChI is InChI=1S/C21H26N2O3/c1-4-25-18-12-7-8-13-19(18)26-15-9-14-23-17-11-6-5-10-16(17)22-20(23)21(2,3)24/h5-8,10-13,24H,4,9,14-15H2,1-3H3. The van der Waals surface area contributed by atoms with Gasteiger partial charge in [-0.2, -0.15) is 0 Å². The lowest BCUT2D eigenvalue weighted by Crippen LogP contribution is -2.22. The van der Waals surface area contributed by atoms with Crippen LogP contribution in [0.5, 0.6) is 11.5 Å². The Morgan fingerprint density at radius 2 is 1.65 bits per heavy atom. The molecule has 3 aromatic rings. The molecule has 0 bridgehead atoms. The zero-order valence-corrected chi connectivity index (χ0v) is 15.6. The van der Waals surface area contributed by atoms with Crippen LogP contribution in [0.4, 0.5) is 0 Å². The van der Waals surface area contributed by atoms with Crippen molar-refractivity contribution in [2.75, 3.05) is 13.2 Å². The number of hydrogen-bond donors (Lipinski definition) is 1. The van der Waals surface area contributed by atoms with E-state index in [1.54, 1.807) is 13.8 Å². The monoisotopic (exact) mass is 354 g/mol. The fourth-order valence-corrected chi connectivity index (χ4v) is 3.02. The first kappa shape index (κ1) is 18.3. The summed E-state index contributed by atoms with van der Waals surface area (Å²) < 4.78 is 13.6. The van der Waals surface area contributed by atoms with Crippen LogP contribution in [0, 0.1) is 0 Å². The molecule has 2 aromatic carbocycles. The van der Waals surface area contributed by atoms with E-state index in [0.717, 1.165) is 35.5 Å². The number of fused-ring (bicyclic) bond motifs is 1. The van der Waals surface area contributed by atoms with Crippen molar-refractivity contribution in [1.29, 1.82) is 0 Å². The van der Waals surface area contributed by atoms with Gasteiger partial charge in [0.1, 0.15) is 11.4 Å². The third-order valence-corrected chi connectivity index (χ3v) is 4.13. The van der Waals surface area contributed by atoms with Crippen molar-refractivity contribution in [3.8, 4) is 11.5 Å². The van der Waals surface area contributed by atoms with Gasteiger partial charge in [-0.05, 0) is 51.5 Å². The predicted molar refractivity (Wildman–Crippen MR) is 103 cm³/mol. The van der Waals surface area contributed by atoms with Crippen molar-refractivity contribution in [3.05, 3.63) is 54.4 Å². The lowest BCUT2D eigenvalue weighted by Gasteiger charge is -2.19. The summed E-state index contributed by atoms with van der Waals surface area (Å²) in [5.74, 6) is 2.20. The lowest BCUT2D eigenvalue weighted by molar-refractivity contribution is 0.0649. The zero-order chi connectivity index (χ0) is 18.6. The van der Waals surface area contributed by atoms with Crippen LogP contribution in [0.1, 0.15) is 33.0 Å². The first-order chi connectivity index (χ1) is 12.5. The summed E-state index contributed by atoms with van der Waals surface area (Å²) >= 11 is 0. The summed E-state index contributed by atoms with van der Waals surface area (Å²) in [4.78, 5) is 4.61. The van der Waals surface area contributed by atoms with Crippen molar-refractivity contribution >= 4 is 11.0 Å². The van der Waals surface area contributed by atoms with Crippen molar-refractivity contribution in [1.82, 2.24) is 9.55 Å². The van der Waals surface area contributed by atoms with E-state index in [-0.39, 0.29) is 0 Å². The van der Waals surface area contributed by atoms with Crippen LogP contribution >= 0.6 is 0 Å². The minimum atomic E-state index is -0.999. The van der Waals surface area contributed by atoms with E-state index in [1.165, 1.54) is 0 Å². The van der Waals surface area contributed by atoms with Gasteiger partial charge in [0, 0.05) is 6.54 Å².